The Bertz CT molecular complexity index is 1010. The molecule has 3 heterocycles. The molecule has 0 saturated heterocycles. The fourth-order valence-electron chi connectivity index (χ4n) is 2.66. The van der Waals surface area contributed by atoms with Crippen LogP contribution in [0.25, 0.3) is 33.0 Å². The molecule has 0 aliphatic heterocycles. The van der Waals surface area contributed by atoms with Crippen molar-refractivity contribution in [2.45, 2.75) is 51.7 Å². The number of rotatable bonds is 6. The summed E-state index contributed by atoms with van der Waals surface area (Å²) in [5, 5.41) is 0.924. The van der Waals surface area contributed by atoms with Crippen molar-refractivity contribution in [2.24, 2.45) is 0 Å². The topological polar surface area (TPSA) is 77.8 Å². The predicted octanol–water partition coefficient (Wildman–Crippen LogP) is 7.54. The predicted molar refractivity (Wildman–Crippen MR) is 131 cm³/mol. The van der Waals surface area contributed by atoms with Gasteiger partial charge in [0, 0.05) is 5.56 Å². The summed E-state index contributed by atoms with van der Waals surface area (Å²) in [6.45, 7) is 10.2. The van der Waals surface area contributed by atoms with E-state index in [2.05, 4.69) is 11.9 Å². The van der Waals surface area contributed by atoms with Gasteiger partial charge in [-0.2, -0.15) is 0 Å². The molecular formula is C23H30N4OS2. The van der Waals surface area contributed by atoms with Gasteiger partial charge in [0.05, 0.1) is 21.0 Å². The highest BCUT2D eigenvalue weighted by Gasteiger charge is 2.19. The Labute approximate surface area is 187 Å². The molecule has 0 fully saturated rings. The quantitative estimate of drug-likeness (QED) is 0.245. The number of oxazole rings is 1. The van der Waals surface area contributed by atoms with Gasteiger partial charge in [0.1, 0.15) is 16.8 Å². The van der Waals surface area contributed by atoms with E-state index in [9.17, 15) is 0 Å². The number of thioether (sulfide) groups is 1. The molecule has 2 N–H and O–H groups in total. The Hall–Kier alpha value is -2.38. The summed E-state index contributed by atoms with van der Waals surface area (Å²) in [6.07, 6.45) is 5.28. The average Bonchev–Trinajstić information content (AvgIpc) is 3.46. The third kappa shape index (κ3) is 5.40. The van der Waals surface area contributed by atoms with E-state index in [-0.39, 0.29) is 0 Å². The van der Waals surface area contributed by atoms with E-state index in [0.717, 1.165) is 37.1 Å². The molecule has 0 bridgehead atoms. The molecule has 0 spiro atoms. The molecule has 4 aromatic rings. The van der Waals surface area contributed by atoms with Gasteiger partial charge in [-0.1, -0.05) is 71.4 Å². The Balaban J connectivity index is 0.000000757. The van der Waals surface area contributed by atoms with Gasteiger partial charge in [-0.15, -0.1) is 23.1 Å². The first-order valence-corrected chi connectivity index (χ1v) is 12.2. The number of anilines is 1. The van der Waals surface area contributed by atoms with Crippen LogP contribution in [0.5, 0.6) is 0 Å². The molecular weight excluding hydrogens is 412 g/mol. The number of benzene rings is 1. The summed E-state index contributed by atoms with van der Waals surface area (Å²) in [5.74, 6) is 1.61. The van der Waals surface area contributed by atoms with Crippen molar-refractivity contribution >= 4 is 39.0 Å². The number of hydrogen-bond acceptors (Lipinski definition) is 7. The van der Waals surface area contributed by atoms with E-state index < -0.39 is 0 Å². The first-order valence-electron chi connectivity index (χ1n) is 10.4. The molecule has 4 rings (SSSR count). The van der Waals surface area contributed by atoms with E-state index >= 15 is 0 Å². The lowest BCUT2D eigenvalue weighted by Gasteiger charge is -2.06. The highest BCUT2D eigenvalue weighted by Crippen LogP contribution is 2.44. The molecule has 1 aromatic carbocycles. The van der Waals surface area contributed by atoms with Crippen molar-refractivity contribution in [1.29, 1.82) is 0 Å². The molecule has 0 atom stereocenters. The molecule has 0 radical (unpaired) electrons. The van der Waals surface area contributed by atoms with Crippen LogP contribution in [-0.4, -0.2) is 20.7 Å². The van der Waals surface area contributed by atoms with E-state index in [4.69, 9.17) is 20.1 Å². The summed E-state index contributed by atoms with van der Waals surface area (Å²) in [4.78, 5) is 14.6. The molecule has 0 amide bonds. The lowest BCUT2D eigenvalue weighted by atomic mass is 10.1. The van der Waals surface area contributed by atoms with Crippen molar-refractivity contribution in [3.63, 3.8) is 0 Å². The fraction of sp³-hybridized carbons (Fsp3) is 0.348. The third-order valence-corrected chi connectivity index (χ3v) is 6.47. The highest BCUT2D eigenvalue weighted by molar-refractivity contribution is 8.01. The number of fused-ring (bicyclic) bond motifs is 1. The summed E-state index contributed by atoms with van der Waals surface area (Å²) in [7, 11) is 0. The standard InChI is InChI=1S/C19H18N4OS2.2C2H6/c1-2-3-9-25-19-15(20)14-16(12-7-5-4-6-8-12)22-17(23-18(14)26-19)13-10-24-11-21-13;2*1-2/h4-8,10-11H,2-3,9,20H2,1H3;2*1-2H3. The smallest absolute Gasteiger partial charge is 0.183 e. The second-order valence-corrected chi connectivity index (χ2v) is 8.18. The van der Waals surface area contributed by atoms with Gasteiger partial charge in [0.15, 0.2) is 12.2 Å². The first kappa shape index (κ1) is 23.9. The van der Waals surface area contributed by atoms with Crippen molar-refractivity contribution in [2.75, 3.05) is 11.5 Å². The SMILES string of the molecule is CC.CC.CCCCSc1sc2nc(-c3cocn3)nc(-c3ccccc3)c2c1N. The van der Waals surface area contributed by atoms with Gasteiger partial charge < -0.3 is 10.2 Å². The second-order valence-electron chi connectivity index (χ2n) is 5.82. The number of nitrogens with zero attached hydrogens (tertiary/aromatic N) is 3. The zero-order valence-corrected chi connectivity index (χ0v) is 19.9. The van der Waals surface area contributed by atoms with Crippen molar-refractivity contribution in [1.82, 2.24) is 15.0 Å². The van der Waals surface area contributed by atoms with Gasteiger partial charge in [0.2, 0.25) is 0 Å². The zero-order chi connectivity index (χ0) is 21.9. The largest absolute Gasteiger partial charge is 0.451 e. The Kier molecular flexibility index (Phi) is 9.83. The minimum absolute atomic E-state index is 0.552. The second kappa shape index (κ2) is 12.3. The van der Waals surface area contributed by atoms with Crippen LogP contribution >= 0.6 is 23.1 Å². The lowest BCUT2D eigenvalue weighted by Crippen LogP contribution is -1.95. The van der Waals surface area contributed by atoms with Crippen LogP contribution in [0.2, 0.25) is 0 Å². The normalized spacial score (nSPS) is 10.2. The van der Waals surface area contributed by atoms with Crippen LogP contribution in [0.1, 0.15) is 47.5 Å². The molecule has 7 heteroatoms. The first-order chi connectivity index (χ1) is 14.8. The Morgan fingerprint density at radius 1 is 1.07 bits per heavy atom. The summed E-state index contributed by atoms with van der Waals surface area (Å²) >= 11 is 3.42. The number of thiophene rings is 1. The molecule has 0 aliphatic carbocycles. The van der Waals surface area contributed by atoms with Crippen LogP contribution < -0.4 is 5.73 Å². The summed E-state index contributed by atoms with van der Waals surface area (Å²) < 4.78 is 6.21. The Morgan fingerprint density at radius 2 is 1.80 bits per heavy atom. The van der Waals surface area contributed by atoms with Gasteiger partial charge in [-0.3, -0.25) is 0 Å². The minimum Gasteiger partial charge on any atom is -0.451 e. The van der Waals surface area contributed by atoms with Crippen molar-refractivity contribution in [3.8, 4) is 22.8 Å². The third-order valence-electron chi connectivity index (χ3n) is 3.99. The molecule has 3 aromatic heterocycles. The van der Waals surface area contributed by atoms with Crippen LogP contribution in [0.4, 0.5) is 5.69 Å². The summed E-state index contributed by atoms with van der Waals surface area (Å²) in [5.41, 5.74) is 9.75. The fourth-order valence-corrected chi connectivity index (χ4v) is 5.09. The van der Waals surface area contributed by atoms with E-state index in [1.54, 1.807) is 29.4 Å². The maximum Gasteiger partial charge on any atom is 0.183 e. The Morgan fingerprint density at radius 3 is 2.43 bits per heavy atom. The van der Waals surface area contributed by atoms with Crippen molar-refractivity contribution in [3.05, 3.63) is 43.0 Å². The van der Waals surface area contributed by atoms with E-state index in [1.165, 1.54) is 19.2 Å². The summed E-state index contributed by atoms with van der Waals surface area (Å²) in [6, 6.07) is 10.1. The van der Waals surface area contributed by atoms with E-state index in [0.29, 0.717) is 11.5 Å². The van der Waals surface area contributed by atoms with Crippen molar-refractivity contribution < 1.29 is 4.42 Å². The monoisotopic (exact) mass is 442 g/mol. The number of aromatic nitrogens is 3. The van der Waals surface area contributed by atoms with Gasteiger partial charge in [-0.25, -0.2) is 15.0 Å². The van der Waals surface area contributed by atoms with Crippen LogP contribution in [-0.2, 0) is 0 Å². The molecule has 0 saturated carbocycles. The van der Waals surface area contributed by atoms with E-state index in [1.807, 2.05) is 58.0 Å². The number of hydrogen-bond donors (Lipinski definition) is 1. The number of nitrogen functional groups attached to an aromatic ring is 1. The van der Waals surface area contributed by atoms with Crippen LogP contribution in [0.3, 0.4) is 0 Å². The van der Waals surface area contributed by atoms with Crippen LogP contribution in [0.15, 0.2) is 51.6 Å². The molecule has 160 valence electrons. The maximum absolute atomic E-state index is 6.50. The van der Waals surface area contributed by atoms with Gasteiger partial charge in [0.25, 0.3) is 0 Å². The van der Waals surface area contributed by atoms with Gasteiger partial charge in [-0.05, 0) is 12.2 Å². The van der Waals surface area contributed by atoms with Crippen LogP contribution in [0, 0.1) is 0 Å². The number of unbranched alkanes of at least 4 members (excludes halogenated alkanes) is 1. The highest BCUT2D eigenvalue weighted by atomic mass is 32.2. The molecule has 0 aliphatic rings. The van der Waals surface area contributed by atoms with Gasteiger partial charge >= 0.3 is 0 Å². The zero-order valence-electron chi connectivity index (χ0n) is 18.3. The minimum atomic E-state index is 0.552. The average molecular weight is 443 g/mol. The number of nitrogens with two attached hydrogens (primary N) is 1. The molecule has 0 unspecified atom stereocenters. The maximum atomic E-state index is 6.50. The molecule has 5 nitrogen and oxygen atoms in total. The lowest BCUT2D eigenvalue weighted by molar-refractivity contribution is 0.558. The molecule has 30 heavy (non-hydrogen) atoms.